The molecule has 6 heteroatoms. The lowest BCUT2D eigenvalue weighted by atomic mass is 10.3. The maximum absolute atomic E-state index is 11.9. The Bertz CT molecular complexity index is 612. The molecule has 2 aromatic carbocycles. The van der Waals surface area contributed by atoms with E-state index in [1.54, 1.807) is 30.3 Å². The molecule has 2 N–H and O–H groups in total. The summed E-state index contributed by atoms with van der Waals surface area (Å²) in [6.45, 7) is 0. The van der Waals surface area contributed by atoms with Crippen LogP contribution in [0.25, 0.3) is 0 Å². The highest BCUT2D eigenvalue weighted by molar-refractivity contribution is 7.99. The quantitative estimate of drug-likeness (QED) is 0.766. The molecule has 0 bridgehead atoms. The predicted molar refractivity (Wildman–Crippen MR) is 88.5 cm³/mol. The standard InChI is InChI=1S/C15H13Cl2NO2S/c16-12-2-1-3-13(17)15(12)18-14(20)8-9-21-11-6-4-10(19)5-7-11/h1-7,19H,8-9H2,(H,18,20). The van der Waals surface area contributed by atoms with Crippen molar-refractivity contribution in [2.75, 3.05) is 11.1 Å². The third kappa shape index (κ3) is 4.84. The average Bonchev–Trinajstić information content (AvgIpc) is 2.45. The number of phenolic OH excluding ortho intramolecular Hbond substituents is 1. The Labute approximate surface area is 137 Å². The van der Waals surface area contributed by atoms with Gasteiger partial charge in [-0.15, -0.1) is 11.8 Å². The van der Waals surface area contributed by atoms with E-state index in [0.717, 1.165) is 4.90 Å². The number of carbonyl (C=O) groups is 1. The molecule has 0 saturated carbocycles. The minimum absolute atomic E-state index is 0.142. The highest BCUT2D eigenvalue weighted by Crippen LogP contribution is 2.30. The minimum atomic E-state index is -0.142. The summed E-state index contributed by atoms with van der Waals surface area (Å²) in [5.74, 6) is 0.709. The van der Waals surface area contributed by atoms with Crippen molar-refractivity contribution in [2.24, 2.45) is 0 Å². The Hall–Kier alpha value is -1.36. The number of phenols is 1. The van der Waals surface area contributed by atoms with Crippen molar-refractivity contribution in [3.8, 4) is 5.75 Å². The van der Waals surface area contributed by atoms with Crippen molar-refractivity contribution in [3.05, 3.63) is 52.5 Å². The third-order valence-corrected chi connectivity index (χ3v) is 4.31. The first-order valence-electron chi connectivity index (χ1n) is 6.22. The lowest BCUT2D eigenvalue weighted by Crippen LogP contribution is -2.12. The van der Waals surface area contributed by atoms with Crippen LogP contribution in [0.15, 0.2) is 47.4 Å². The van der Waals surface area contributed by atoms with Gasteiger partial charge in [0.05, 0.1) is 15.7 Å². The van der Waals surface area contributed by atoms with Crippen molar-refractivity contribution >= 4 is 46.6 Å². The lowest BCUT2D eigenvalue weighted by Gasteiger charge is -2.09. The highest BCUT2D eigenvalue weighted by Gasteiger charge is 2.09. The molecule has 2 rings (SSSR count). The number of benzene rings is 2. The Morgan fingerprint density at radius 2 is 1.71 bits per heavy atom. The van der Waals surface area contributed by atoms with Crippen LogP contribution in [-0.2, 0) is 4.79 Å². The maximum atomic E-state index is 11.9. The SMILES string of the molecule is O=C(CCSc1ccc(O)cc1)Nc1c(Cl)cccc1Cl. The van der Waals surface area contributed by atoms with Crippen LogP contribution in [0.3, 0.4) is 0 Å². The molecule has 1 amide bonds. The van der Waals surface area contributed by atoms with Gasteiger partial charge in [0.2, 0.25) is 5.91 Å². The molecule has 0 spiro atoms. The van der Waals surface area contributed by atoms with Crippen molar-refractivity contribution in [3.63, 3.8) is 0 Å². The highest BCUT2D eigenvalue weighted by atomic mass is 35.5. The van der Waals surface area contributed by atoms with Gasteiger partial charge in [-0.25, -0.2) is 0 Å². The lowest BCUT2D eigenvalue weighted by molar-refractivity contribution is -0.115. The summed E-state index contributed by atoms with van der Waals surface area (Å²) in [6.07, 6.45) is 0.340. The van der Waals surface area contributed by atoms with E-state index in [0.29, 0.717) is 27.9 Å². The van der Waals surface area contributed by atoms with Gasteiger partial charge in [0.15, 0.2) is 0 Å². The Kier molecular flexibility index (Phi) is 5.79. The fourth-order valence-electron chi connectivity index (χ4n) is 1.62. The van der Waals surface area contributed by atoms with Crippen LogP contribution >= 0.6 is 35.0 Å². The molecule has 0 fully saturated rings. The molecule has 110 valence electrons. The van der Waals surface area contributed by atoms with Gasteiger partial charge in [-0.2, -0.15) is 0 Å². The summed E-state index contributed by atoms with van der Waals surface area (Å²) in [4.78, 5) is 12.9. The second-order valence-electron chi connectivity index (χ2n) is 4.24. The van der Waals surface area contributed by atoms with Crippen molar-refractivity contribution in [1.29, 1.82) is 0 Å². The number of hydrogen-bond donors (Lipinski definition) is 2. The summed E-state index contributed by atoms with van der Waals surface area (Å²) >= 11 is 13.5. The number of amides is 1. The number of rotatable bonds is 5. The van der Waals surface area contributed by atoms with E-state index < -0.39 is 0 Å². The van der Waals surface area contributed by atoms with Crippen LogP contribution < -0.4 is 5.32 Å². The van der Waals surface area contributed by atoms with Gasteiger partial charge in [0.1, 0.15) is 5.75 Å². The molecule has 0 atom stereocenters. The van der Waals surface area contributed by atoms with Crippen molar-refractivity contribution in [1.82, 2.24) is 0 Å². The zero-order chi connectivity index (χ0) is 15.2. The van der Waals surface area contributed by atoms with E-state index >= 15 is 0 Å². The first-order chi connectivity index (χ1) is 10.1. The van der Waals surface area contributed by atoms with Crippen LogP contribution in [0.5, 0.6) is 5.75 Å². The third-order valence-electron chi connectivity index (χ3n) is 2.66. The largest absolute Gasteiger partial charge is 0.508 e. The molecule has 0 aromatic heterocycles. The van der Waals surface area contributed by atoms with Crippen LogP contribution in [-0.4, -0.2) is 16.8 Å². The van der Waals surface area contributed by atoms with Crippen molar-refractivity contribution in [2.45, 2.75) is 11.3 Å². The number of carbonyl (C=O) groups excluding carboxylic acids is 1. The zero-order valence-corrected chi connectivity index (χ0v) is 13.3. The fourth-order valence-corrected chi connectivity index (χ4v) is 2.97. The van der Waals surface area contributed by atoms with Gasteiger partial charge in [0, 0.05) is 17.1 Å². The Balaban J connectivity index is 1.84. The molecule has 3 nitrogen and oxygen atoms in total. The maximum Gasteiger partial charge on any atom is 0.225 e. The number of thioether (sulfide) groups is 1. The topological polar surface area (TPSA) is 49.3 Å². The van der Waals surface area contributed by atoms with E-state index in [1.165, 1.54) is 11.8 Å². The van der Waals surface area contributed by atoms with Gasteiger partial charge in [-0.05, 0) is 36.4 Å². The number of para-hydroxylation sites is 1. The number of nitrogens with one attached hydrogen (secondary N) is 1. The Morgan fingerprint density at radius 3 is 2.33 bits per heavy atom. The fraction of sp³-hybridized carbons (Fsp3) is 0.133. The average molecular weight is 342 g/mol. The molecule has 0 aliphatic heterocycles. The molecular formula is C15H13Cl2NO2S. The van der Waals surface area contributed by atoms with E-state index in [4.69, 9.17) is 23.2 Å². The van der Waals surface area contributed by atoms with Gasteiger partial charge < -0.3 is 10.4 Å². The number of hydrogen-bond acceptors (Lipinski definition) is 3. The van der Waals surface area contributed by atoms with Crippen LogP contribution in [0, 0.1) is 0 Å². The van der Waals surface area contributed by atoms with Crippen LogP contribution in [0.1, 0.15) is 6.42 Å². The summed E-state index contributed by atoms with van der Waals surface area (Å²) in [6, 6.07) is 11.9. The minimum Gasteiger partial charge on any atom is -0.508 e. The molecule has 0 unspecified atom stereocenters. The monoisotopic (exact) mass is 341 g/mol. The normalized spacial score (nSPS) is 10.4. The van der Waals surface area contributed by atoms with Gasteiger partial charge in [-0.3, -0.25) is 4.79 Å². The molecular weight excluding hydrogens is 329 g/mol. The predicted octanol–water partition coefficient (Wildman–Crippen LogP) is 4.82. The zero-order valence-electron chi connectivity index (χ0n) is 11.0. The first-order valence-corrected chi connectivity index (χ1v) is 7.96. The van der Waals surface area contributed by atoms with E-state index in [9.17, 15) is 9.90 Å². The molecule has 0 saturated heterocycles. The van der Waals surface area contributed by atoms with E-state index in [1.807, 2.05) is 12.1 Å². The summed E-state index contributed by atoms with van der Waals surface area (Å²) in [7, 11) is 0. The second kappa shape index (κ2) is 7.59. The summed E-state index contributed by atoms with van der Waals surface area (Å²) in [5.41, 5.74) is 0.445. The van der Waals surface area contributed by atoms with Crippen LogP contribution in [0.4, 0.5) is 5.69 Å². The molecule has 21 heavy (non-hydrogen) atoms. The molecule has 0 heterocycles. The number of halogens is 2. The summed E-state index contributed by atoms with van der Waals surface area (Å²) in [5, 5.41) is 12.7. The van der Waals surface area contributed by atoms with E-state index in [2.05, 4.69) is 5.32 Å². The number of anilines is 1. The second-order valence-corrected chi connectivity index (χ2v) is 6.22. The molecule has 0 radical (unpaired) electrons. The first kappa shape index (κ1) is 16.0. The molecule has 2 aromatic rings. The van der Waals surface area contributed by atoms with Gasteiger partial charge >= 0.3 is 0 Å². The van der Waals surface area contributed by atoms with E-state index in [-0.39, 0.29) is 11.7 Å². The van der Waals surface area contributed by atoms with Gasteiger partial charge in [0.25, 0.3) is 0 Å². The number of aromatic hydroxyl groups is 1. The Morgan fingerprint density at radius 1 is 1.10 bits per heavy atom. The summed E-state index contributed by atoms with van der Waals surface area (Å²) < 4.78 is 0. The smallest absolute Gasteiger partial charge is 0.225 e. The molecule has 0 aliphatic carbocycles. The molecule has 0 aliphatic rings. The van der Waals surface area contributed by atoms with Gasteiger partial charge in [-0.1, -0.05) is 29.3 Å². The van der Waals surface area contributed by atoms with Crippen molar-refractivity contribution < 1.29 is 9.90 Å². The van der Waals surface area contributed by atoms with Crippen LogP contribution in [0.2, 0.25) is 10.0 Å².